The molecule has 3 heteroatoms. The molecule has 88 valence electrons. The van der Waals surface area contributed by atoms with Crippen molar-refractivity contribution >= 4 is 5.97 Å². The van der Waals surface area contributed by atoms with E-state index in [0.717, 1.165) is 12.8 Å². The van der Waals surface area contributed by atoms with Gasteiger partial charge in [0.2, 0.25) is 0 Å². The van der Waals surface area contributed by atoms with Crippen LogP contribution in [-0.2, 0) is 9.53 Å². The van der Waals surface area contributed by atoms with Crippen LogP contribution < -0.4 is 0 Å². The molecule has 0 aromatic rings. The van der Waals surface area contributed by atoms with Crippen molar-refractivity contribution in [3.8, 4) is 0 Å². The van der Waals surface area contributed by atoms with Gasteiger partial charge in [-0.15, -0.1) is 0 Å². The number of rotatable bonds is 4. The Bertz CT molecular complexity index is 197. The average molecular weight is 214 g/mol. The summed E-state index contributed by atoms with van der Waals surface area (Å²) in [5.41, 5.74) is 0. The Hall–Kier alpha value is -0.570. The Morgan fingerprint density at radius 2 is 2.00 bits per heavy atom. The van der Waals surface area contributed by atoms with E-state index >= 15 is 0 Å². The molecule has 0 saturated heterocycles. The molecule has 1 aliphatic rings. The van der Waals surface area contributed by atoms with Crippen LogP contribution in [0.1, 0.15) is 46.0 Å². The lowest BCUT2D eigenvalue weighted by atomic mass is 9.81. The van der Waals surface area contributed by atoms with E-state index in [1.807, 2.05) is 0 Å². The lowest BCUT2D eigenvalue weighted by molar-refractivity contribution is -0.152. The van der Waals surface area contributed by atoms with Crippen LogP contribution in [0.15, 0.2) is 0 Å². The van der Waals surface area contributed by atoms with Gasteiger partial charge in [-0.05, 0) is 32.6 Å². The Morgan fingerprint density at radius 3 is 2.53 bits per heavy atom. The van der Waals surface area contributed by atoms with Crippen LogP contribution in [0.3, 0.4) is 0 Å². The smallest absolute Gasteiger partial charge is 0.311 e. The maximum atomic E-state index is 11.4. The molecule has 1 N–H and O–H groups in total. The molecule has 0 heterocycles. The van der Waals surface area contributed by atoms with Gasteiger partial charge in [-0.1, -0.05) is 19.3 Å². The minimum absolute atomic E-state index is 0.268. The standard InChI is InChI=1S/C12H22O3/c1-3-15-12(14)9(2)11(13)10-7-5-4-6-8-10/h9-11,13H,3-8H2,1-2H3/t9-,11-/m0/s1. The summed E-state index contributed by atoms with van der Waals surface area (Å²) in [6.45, 7) is 3.94. The van der Waals surface area contributed by atoms with E-state index in [1.165, 1.54) is 19.3 Å². The molecule has 1 aliphatic carbocycles. The molecule has 1 saturated carbocycles. The first-order valence-electron chi connectivity index (χ1n) is 6.01. The molecule has 1 rings (SSSR count). The lowest BCUT2D eigenvalue weighted by Crippen LogP contribution is -2.34. The van der Waals surface area contributed by atoms with Gasteiger partial charge in [-0.2, -0.15) is 0 Å². The third-order valence-electron chi connectivity index (χ3n) is 3.30. The van der Waals surface area contributed by atoms with Crippen molar-refractivity contribution < 1.29 is 14.6 Å². The first-order valence-corrected chi connectivity index (χ1v) is 6.01. The highest BCUT2D eigenvalue weighted by Crippen LogP contribution is 2.29. The predicted octanol–water partition coefficient (Wildman–Crippen LogP) is 2.13. The molecule has 3 nitrogen and oxygen atoms in total. The van der Waals surface area contributed by atoms with Crippen LogP contribution in [0.5, 0.6) is 0 Å². The Balaban J connectivity index is 2.43. The number of carbonyl (C=O) groups is 1. The van der Waals surface area contributed by atoms with E-state index in [2.05, 4.69) is 0 Å². The van der Waals surface area contributed by atoms with Crippen LogP contribution in [0.25, 0.3) is 0 Å². The van der Waals surface area contributed by atoms with E-state index < -0.39 is 6.10 Å². The molecule has 0 unspecified atom stereocenters. The summed E-state index contributed by atoms with van der Waals surface area (Å²) in [4.78, 5) is 11.4. The van der Waals surface area contributed by atoms with Gasteiger partial charge in [0.15, 0.2) is 0 Å². The second-order valence-electron chi connectivity index (χ2n) is 4.43. The summed E-state index contributed by atoms with van der Waals surface area (Å²) >= 11 is 0. The fourth-order valence-corrected chi connectivity index (χ4v) is 2.30. The summed E-state index contributed by atoms with van der Waals surface area (Å²) in [6, 6.07) is 0. The van der Waals surface area contributed by atoms with Crippen LogP contribution >= 0.6 is 0 Å². The van der Waals surface area contributed by atoms with Crippen molar-refractivity contribution in [3.05, 3.63) is 0 Å². The maximum absolute atomic E-state index is 11.4. The molecule has 0 bridgehead atoms. The van der Waals surface area contributed by atoms with Crippen molar-refractivity contribution in [2.75, 3.05) is 6.61 Å². The molecule has 0 aromatic carbocycles. The fourth-order valence-electron chi connectivity index (χ4n) is 2.30. The zero-order valence-electron chi connectivity index (χ0n) is 9.74. The number of aliphatic hydroxyl groups is 1. The molecule has 0 aromatic heterocycles. The normalized spacial score (nSPS) is 22.1. The number of hydrogen-bond donors (Lipinski definition) is 1. The molecule has 0 radical (unpaired) electrons. The molecule has 0 amide bonds. The van der Waals surface area contributed by atoms with Crippen molar-refractivity contribution in [3.63, 3.8) is 0 Å². The predicted molar refractivity (Wildman–Crippen MR) is 58.4 cm³/mol. The van der Waals surface area contributed by atoms with Gasteiger partial charge in [0.25, 0.3) is 0 Å². The van der Waals surface area contributed by atoms with E-state index in [-0.39, 0.29) is 17.8 Å². The average Bonchev–Trinajstić information content (AvgIpc) is 2.28. The summed E-state index contributed by atoms with van der Waals surface area (Å²) in [5.74, 6) is -0.359. The summed E-state index contributed by atoms with van der Waals surface area (Å²) < 4.78 is 4.92. The quantitative estimate of drug-likeness (QED) is 0.729. The summed E-state index contributed by atoms with van der Waals surface area (Å²) in [6.07, 6.45) is 5.19. The first-order chi connectivity index (χ1) is 7.16. The van der Waals surface area contributed by atoms with Crippen molar-refractivity contribution in [1.82, 2.24) is 0 Å². The lowest BCUT2D eigenvalue weighted by Gasteiger charge is -2.29. The van der Waals surface area contributed by atoms with Crippen LogP contribution in [-0.4, -0.2) is 23.8 Å². The van der Waals surface area contributed by atoms with Crippen LogP contribution in [0.4, 0.5) is 0 Å². The van der Waals surface area contributed by atoms with E-state index in [0.29, 0.717) is 6.61 Å². The third kappa shape index (κ3) is 3.49. The molecule has 0 aliphatic heterocycles. The van der Waals surface area contributed by atoms with Crippen molar-refractivity contribution in [2.45, 2.75) is 52.1 Å². The van der Waals surface area contributed by atoms with Crippen molar-refractivity contribution in [1.29, 1.82) is 0 Å². The van der Waals surface area contributed by atoms with Gasteiger partial charge in [0.05, 0.1) is 18.6 Å². The molecule has 1 fully saturated rings. The second kappa shape index (κ2) is 6.11. The number of esters is 1. The SMILES string of the molecule is CCOC(=O)[C@@H](C)[C@H](O)C1CCCCC1. The number of hydrogen-bond acceptors (Lipinski definition) is 3. The number of carbonyl (C=O) groups excluding carboxylic acids is 1. The number of ether oxygens (including phenoxy) is 1. The van der Waals surface area contributed by atoms with E-state index in [4.69, 9.17) is 4.74 Å². The fraction of sp³-hybridized carbons (Fsp3) is 0.917. The zero-order valence-corrected chi connectivity index (χ0v) is 9.74. The first kappa shape index (κ1) is 12.5. The number of aliphatic hydroxyl groups excluding tert-OH is 1. The Labute approximate surface area is 91.8 Å². The molecule has 2 atom stereocenters. The van der Waals surface area contributed by atoms with E-state index in [1.54, 1.807) is 13.8 Å². The van der Waals surface area contributed by atoms with Gasteiger partial charge in [-0.25, -0.2) is 0 Å². The summed E-state index contributed by atoms with van der Waals surface area (Å²) in [7, 11) is 0. The van der Waals surface area contributed by atoms with Crippen LogP contribution in [0.2, 0.25) is 0 Å². The van der Waals surface area contributed by atoms with Crippen molar-refractivity contribution in [2.24, 2.45) is 11.8 Å². The van der Waals surface area contributed by atoms with Gasteiger partial charge in [-0.3, -0.25) is 4.79 Å². The highest BCUT2D eigenvalue weighted by Gasteiger charge is 2.30. The minimum Gasteiger partial charge on any atom is -0.466 e. The molecular formula is C12H22O3. The third-order valence-corrected chi connectivity index (χ3v) is 3.30. The monoisotopic (exact) mass is 214 g/mol. The van der Waals surface area contributed by atoms with Gasteiger partial charge < -0.3 is 9.84 Å². The van der Waals surface area contributed by atoms with Gasteiger partial charge >= 0.3 is 5.97 Å². The van der Waals surface area contributed by atoms with Gasteiger partial charge in [0, 0.05) is 0 Å². The minimum atomic E-state index is -0.524. The van der Waals surface area contributed by atoms with Gasteiger partial charge in [0.1, 0.15) is 0 Å². The van der Waals surface area contributed by atoms with Crippen LogP contribution in [0, 0.1) is 11.8 Å². The highest BCUT2D eigenvalue weighted by molar-refractivity contribution is 5.72. The molecule has 15 heavy (non-hydrogen) atoms. The molecule has 0 spiro atoms. The zero-order chi connectivity index (χ0) is 11.3. The Kier molecular flexibility index (Phi) is 5.09. The van der Waals surface area contributed by atoms with E-state index in [9.17, 15) is 9.90 Å². The highest BCUT2D eigenvalue weighted by atomic mass is 16.5. The summed E-state index contributed by atoms with van der Waals surface area (Å²) in [5, 5.41) is 10.0. The second-order valence-corrected chi connectivity index (χ2v) is 4.43. The topological polar surface area (TPSA) is 46.5 Å². The Morgan fingerprint density at radius 1 is 1.40 bits per heavy atom. The largest absolute Gasteiger partial charge is 0.466 e. The maximum Gasteiger partial charge on any atom is 0.311 e. The molecular weight excluding hydrogens is 192 g/mol.